The van der Waals surface area contributed by atoms with Crippen molar-refractivity contribution < 1.29 is 4.79 Å². The van der Waals surface area contributed by atoms with Gasteiger partial charge in [0.1, 0.15) is 11.3 Å². The fraction of sp³-hybridized carbons (Fsp3) is 0.333. The van der Waals surface area contributed by atoms with E-state index >= 15 is 0 Å². The lowest BCUT2D eigenvalue weighted by molar-refractivity contribution is 0.0741. The van der Waals surface area contributed by atoms with Gasteiger partial charge in [-0.1, -0.05) is 12.1 Å². The zero-order chi connectivity index (χ0) is 18.3. The summed E-state index contributed by atoms with van der Waals surface area (Å²) in [6.45, 7) is 9.44. The second kappa shape index (κ2) is 6.48. The highest BCUT2D eigenvalue weighted by atomic mass is 16.2. The van der Waals surface area contributed by atoms with Crippen molar-refractivity contribution >= 4 is 17.2 Å². The first-order valence-corrected chi connectivity index (χ1v) is 9.08. The topological polar surface area (TPSA) is 40.9 Å². The van der Waals surface area contributed by atoms with Gasteiger partial charge in [0.15, 0.2) is 0 Å². The van der Waals surface area contributed by atoms with Crippen molar-refractivity contribution in [1.29, 1.82) is 0 Å². The number of imidazole rings is 1. The van der Waals surface area contributed by atoms with Crippen LogP contribution < -0.4 is 4.90 Å². The average molecular weight is 348 g/mol. The van der Waals surface area contributed by atoms with Crippen LogP contribution in [0.2, 0.25) is 0 Å². The lowest BCUT2D eigenvalue weighted by Crippen LogP contribution is -2.49. The van der Waals surface area contributed by atoms with E-state index in [1.807, 2.05) is 40.8 Å². The minimum absolute atomic E-state index is 0.0203. The molecule has 5 heteroatoms. The molecular weight excluding hydrogens is 324 g/mol. The van der Waals surface area contributed by atoms with Crippen molar-refractivity contribution in [2.45, 2.75) is 20.8 Å². The minimum Gasteiger partial charge on any atom is -0.368 e. The van der Waals surface area contributed by atoms with E-state index in [1.165, 1.54) is 16.8 Å². The van der Waals surface area contributed by atoms with Gasteiger partial charge in [0, 0.05) is 44.3 Å². The number of anilines is 1. The van der Waals surface area contributed by atoms with Gasteiger partial charge in [0.05, 0.1) is 0 Å². The third-order valence-corrected chi connectivity index (χ3v) is 5.11. The average Bonchev–Trinajstić information content (AvgIpc) is 3.06. The van der Waals surface area contributed by atoms with Crippen LogP contribution in [0.15, 0.2) is 42.7 Å². The number of nitrogens with zero attached hydrogens (tertiary/aromatic N) is 4. The van der Waals surface area contributed by atoms with Gasteiger partial charge in [0.2, 0.25) is 0 Å². The molecule has 0 unspecified atom stereocenters. The van der Waals surface area contributed by atoms with Gasteiger partial charge in [0.25, 0.3) is 5.91 Å². The Kier molecular flexibility index (Phi) is 4.15. The summed E-state index contributed by atoms with van der Waals surface area (Å²) in [4.78, 5) is 21.6. The SMILES string of the molecule is Cc1ccc(C)c(N2CCN(C(=O)c3cn4ccc(C)cc4n3)CC2)c1. The Hall–Kier alpha value is -2.82. The van der Waals surface area contributed by atoms with Crippen molar-refractivity contribution in [2.24, 2.45) is 0 Å². The summed E-state index contributed by atoms with van der Waals surface area (Å²) in [5.74, 6) is 0.0203. The lowest BCUT2D eigenvalue weighted by atomic mass is 10.1. The molecule has 0 atom stereocenters. The summed E-state index contributed by atoms with van der Waals surface area (Å²) in [5.41, 5.74) is 6.32. The summed E-state index contributed by atoms with van der Waals surface area (Å²) < 4.78 is 1.91. The molecule has 0 aliphatic carbocycles. The van der Waals surface area contributed by atoms with Crippen molar-refractivity contribution in [2.75, 3.05) is 31.1 Å². The molecular formula is C21H24N4O. The maximum Gasteiger partial charge on any atom is 0.274 e. The maximum atomic E-state index is 12.9. The number of benzene rings is 1. The standard InChI is InChI=1S/C21H24N4O/c1-15-4-5-17(3)19(12-15)23-8-10-24(11-9-23)21(26)18-14-25-7-6-16(2)13-20(25)22-18/h4-7,12-14H,8-11H2,1-3H3. The summed E-state index contributed by atoms with van der Waals surface area (Å²) in [6.07, 6.45) is 3.78. The molecule has 134 valence electrons. The number of piperazine rings is 1. The first-order chi connectivity index (χ1) is 12.5. The van der Waals surface area contributed by atoms with Crippen LogP contribution in [0.4, 0.5) is 5.69 Å². The molecule has 2 aromatic heterocycles. The van der Waals surface area contributed by atoms with E-state index in [4.69, 9.17) is 0 Å². The van der Waals surface area contributed by atoms with E-state index in [2.05, 4.69) is 41.9 Å². The Morgan fingerprint density at radius 3 is 2.46 bits per heavy atom. The minimum atomic E-state index is 0.0203. The number of aromatic nitrogens is 2. The zero-order valence-electron chi connectivity index (χ0n) is 15.6. The number of fused-ring (bicyclic) bond motifs is 1. The highest BCUT2D eigenvalue weighted by molar-refractivity contribution is 5.93. The largest absolute Gasteiger partial charge is 0.368 e. The number of rotatable bonds is 2. The van der Waals surface area contributed by atoms with Crippen molar-refractivity contribution in [3.63, 3.8) is 0 Å². The second-order valence-electron chi connectivity index (χ2n) is 7.16. The number of carbonyl (C=O) groups is 1. The Morgan fingerprint density at radius 1 is 0.962 bits per heavy atom. The van der Waals surface area contributed by atoms with Crippen LogP contribution in [-0.4, -0.2) is 46.4 Å². The van der Waals surface area contributed by atoms with Gasteiger partial charge in [-0.3, -0.25) is 4.79 Å². The van der Waals surface area contributed by atoms with Crippen LogP contribution in [0, 0.1) is 20.8 Å². The Morgan fingerprint density at radius 2 is 1.69 bits per heavy atom. The second-order valence-corrected chi connectivity index (χ2v) is 7.16. The molecule has 1 amide bonds. The Bertz CT molecular complexity index is 967. The third-order valence-electron chi connectivity index (χ3n) is 5.11. The van der Waals surface area contributed by atoms with Crippen LogP contribution in [0.3, 0.4) is 0 Å². The molecule has 26 heavy (non-hydrogen) atoms. The van der Waals surface area contributed by atoms with Crippen molar-refractivity contribution in [3.05, 3.63) is 65.1 Å². The number of hydrogen-bond donors (Lipinski definition) is 0. The van der Waals surface area contributed by atoms with Gasteiger partial charge in [-0.25, -0.2) is 4.98 Å². The van der Waals surface area contributed by atoms with E-state index in [0.29, 0.717) is 5.69 Å². The maximum absolute atomic E-state index is 12.9. The van der Waals surface area contributed by atoms with E-state index in [0.717, 1.165) is 37.4 Å². The molecule has 0 bridgehead atoms. The predicted octanol–water partition coefficient (Wildman–Crippen LogP) is 3.22. The van der Waals surface area contributed by atoms with Crippen LogP contribution in [0.25, 0.3) is 5.65 Å². The molecule has 1 aromatic carbocycles. The summed E-state index contributed by atoms with van der Waals surface area (Å²) in [5, 5.41) is 0. The Labute approximate surface area is 153 Å². The van der Waals surface area contributed by atoms with Crippen LogP contribution in [0.1, 0.15) is 27.2 Å². The Balaban J connectivity index is 1.48. The molecule has 0 saturated carbocycles. The number of hydrogen-bond acceptors (Lipinski definition) is 3. The molecule has 5 nitrogen and oxygen atoms in total. The summed E-state index contributed by atoms with van der Waals surface area (Å²) >= 11 is 0. The monoisotopic (exact) mass is 348 g/mol. The summed E-state index contributed by atoms with van der Waals surface area (Å²) in [7, 11) is 0. The highest BCUT2D eigenvalue weighted by Crippen LogP contribution is 2.23. The smallest absolute Gasteiger partial charge is 0.274 e. The molecule has 3 heterocycles. The van der Waals surface area contributed by atoms with Crippen LogP contribution >= 0.6 is 0 Å². The molecule has 3 aromatic rings. The molecule has 4 rings (SSSR count). The fourth-order valence-corrected chi connectivity index (χ4v) is 3.56. The van der Waals surface area contributed by atoms with Gasteiger partial charge in [-0.05, 0) is 55.7 Å². The van der Waals surface area contributed by atoms with Crippen molar-refractivity contribution in [3.8, 4) is 0 Å². The molecule has 1 aliphatic heterocycles. The number of amides is 1. The first kappa shape index (κ1) is 16.6. The number of pyridine rings is 1. The summed E-state index contributed by atoms with van der Waals surface area (Å²) in [6, 6.07) is 10.6. The van der Waals surface area contributed by atoms with E-state index in [1.54, 1.807) is 0 Å². The van der Waals surface area contributed by atoms with Crippen molar-refractivity contribution in [1.82, 2.24) is 14.3 Å². The van der Waals surface area contributed by atoms with E-state index < -0.39 is 0 Å². The highest BCUT2D eigenvalue weighted by Gasteiger charge is 2.24. The third kappa shape index (κ3) is 3.05. The van der Waals surface area contributed by atoms with Crippen LogP contribution in [0.5, 0.6) is 0 Å². The number of carbonyl (C=O) groups excluding carboxylic acids is 1. The first-order valence-electron chi connectivity index (χ1n) is 9.08. The predicted molar refractivity (Wildman–Crippen MR) is 104 cm³/mol. The molecule has 1 aliphatic rings. The molecule has 0 radical (unpaired) electrons. The molecule has 1 fully saturated rings. The van der Waals surface area contributed by atoms with E-state index in [9.17, 15) is 4.79 Å². The zero-order valence-corrected chi connectivity index (χ0v) is 15.6. The van der Waals surface area contributed by atoms with Gasteiger partial charge >= 0.3 is 0 Å². The molecule has 0 spiro atoms. The van der Waals surface area contributed by atoms with E-state index in [-0.39, 0.29) is 5.91 Å². The van der Waals surface area contributed by atoms with Crippen LogP contribution in [-0.2, 0) is 0 Å². The molecule has 0 N–H and O–H groups in total. The fourth-order valence-electron chi connectivity index (χ4n) is 3.56. The number of aryl methyl sites for hydroxylation is 3. The van der Waals surface area contributed by atoms with Gasteiger partial charge in [-0.15, -0.1) is 0 Å². The van der Waals surface area contributed by atoms with Gasteiger partial charge < -0.3 is 14.2 Å². The molecule has 1 saturated heterocycles. The van der Waals surface area contributed by atoms with Gasteiger partial charge in [-0.2, -0.15) is 0 Å². The quantitative estimate of drug-likeness (QED) is 0.714. The normalized spacial score (nSPS) is 14.9. The lowest BCUT2D eigenvalue weighted by Gasteiger charge is -2.36.